The molecule has 20 heavy (non-hydrogen) atoms. The molecule has 0 aromatic carbocycles. The number of nitrogens with zero attached hydrogens (tertiary/aromatic N) is 2. The molecule has 1 heterocycles. The Labute approximate surface area is 115 Å². The quantitative estimate of drug-likeness (QED) is 0.503. The van der Waals surface area contributed by atoms with Crippen LogP contribution in [-0.2, 0) is 16.0 Å². The van der Waals surface area contributed by atoms with Crippen LogP contribution in [0.4, 0.5) is 4.79 Å². The van der Waals surface area contributed by atoms with Crippen molar-refractivity contribution in [2.75, 3.05) is 13.1 Å². The molecule has 0 saturated carbocycles. The molecular weight excluding hydrogens is 266 g/mol. The van der Waals surface area contributed by atoms with Gasteiger partial charge in [-0.05, 0) is 6.92 Å². The van der Waals surface area contributed by atoms with Crippen molar-refractivity contribution in [3.05, 3.63) is 18.2 Å². The molecule has 9 heteroatoms. The molecule has 3 amide bonds. The zero-order valence-electron chi connectivity index (χ0n) is 11.0. The molecule has 0 saturated heterocycles. The molecule has 1 unspecified atom stereocenters. The third-order valence-corrected chi connectivity index (χ3v) is 2.59. The lowest BCUT2D eigenvalue weighted by molar-refractivity contribution is -0.139. The van der Waals surface area contributed by atoms with Gasteiger partial charge in [0.1, 0.15) is 12.6 Å². The number of aliphatic carboxylic acids is 1. The third kappa shape index (κ3) is 4.59. The van der Waals surface area contributed by atoms with Crippen molar-refractivity contribution < 1.29 is 19.5 Å². The van der Waals surface area contributed by atoms with Gasteiger partial charge in [-0.25, -0.2) is 14.6 Å². The Bertz CT molecular complexity index is 473. The molecule has 0 radical (unpaired) electrons. The summed E-state index contributed by atoms with van der Waals surface area (Å²) >= 11 is 0. The number of aromatic nitrogens is 2. The second kappa shape index (κ2) is 7.12. The van der Waals surface area contributed by atoms with Crippen LogP contribution >= 0.6 is 0 Å². The molecule has 1 aromatic rings. The number of hydrogen-bond acceptors (Lipinski definition) is 4. The zero-order valence-corrected chi connectivity index (χ0v) is 11.0. The first-order valence-electron chi connectivity index (χ1n) is 5.97. The van der Waals surface area contributed by atoms with Gasteiger partial charge < -0.3 is 26.0 Å². The summed E-state index contributed by atoms with van der Waals surface area (Å²) < 4.78 is 0. The Morgan fingerprint density at radius 2 is 2.25 bits per heavy atom. The van der Waals surface area contributed by atoms with Crippen molar-refractivity contribution in [3.63, 3.8) is 0 Å². The van der Waals surface area contributed by atoms with Gasteiger partial charge in [-0.1, -0.05) is 0 Å². The molecule has 110 valence electrons. The lowest BCUT2D eigenvalue weighted by Gasteiger charge is -2.22. The van der Waals surface area contributed by atoms with Crippen LogP contribution in [-0.4, -0.2) is 57.0 Å². The molecule has 1 rings (SSSR count). The summed E-state index contributed by atoms with van der Waals surface area (Å²) in [6.07, 6.45) is 2.96. The Kier molecular flexibility index (Phi) is 5.51. The number of primary amides is 1. The molecular formula is C11H17N5O4. The van der Waals surface area contributed by atoms with Crippen LogP contribution in [0.25, 0.3) is 0 Å². The summed E-state index contributed by atoms with van der Waals surface area (Å²) in [6, 6.07) is -1.77. The van der Waals surface area contributed by atoms with Gasteiger partial charge in [0.15, 0.2) is 0 Å². The molecule has 0 aliphatic heterocycles. The number of nitrogens with two attached hydrogens (primary N) is 1. The molecule has 1 atom stereocenters. The van der Waals surface area contributed by atoms with Crippen molar-refractivity contribution in [1.29, 1.82) is 0 Å². The number of rotatable bonds is 7. The number of H-pyrrole nitrogens is 1. The van der Waals surface area contributed by atoms with E-state index in [0.29, 0.717) is 5.69 Å². The highest BCUT2D eigenvalue weighted by atomic mass is 16.4. The lowest BCUT2D eigenvalue weighted by atomic mass is 10.1. The van der Waals surface area contributed by atoms with Crippen LogP contribution < -0.4 is 11.1 Å². The van der Waals surface area contributed by atoms with E-state index in [0.717, 1.165) is 4.90 Å². The van der Waals surface area contributed by atoms with Crippen LogP contribution in [0.15, 0.2) is 12.5 Å². The average molecular weight is 283 g/mol. The highest BCUT2D eigenvalue weighted by Gasteiger charge is 2.24. The summed E-state index contributed by atoms with van der Waals surface area (Å²) in [5, 5.41) is 11.4. The van der Waals surface area contributed by atoms with Gasteiger partial charge in [-0.15, -0.1) is 0 Å². The van der Waals surface area contributed by atoms with Crippen LogP contribution in [0.1, 0.15) is 12.6 Å². The number of amides is 3. The normalized spacial score (nSPS) is 11.7. The predicted octanol–water partition coefficient (Wildman–Crippen LogP) is -1.08. The third-order valence-electron chi connectivity index (χ3n) is 2.59. The molecule has 5 N–H and O–H groups in total. The Morgan fingerprint density at radius 3 is 2.70 bits per heavy atom. The number of carboxylic acids is 1. The Hall–Kier alpha value is -2.58. The van der Waals surface area contributed by atoms with Crippen molar-refractivity contribution in [2.45, 2.75) is 19.4 Å². The van der Waals surface area contributed by atoms with Gasteiger partial charge in [0, 0.05) is 24.9 Å². The van der Waals surface area contributed by atoms with Crippen molar-refractivity contribution in [1.82, 2.24) is 20.2 Å². The maximum atomic E-state index is 11.9. The van der Waals surface area contributed by atoms with Crippen LogP contribution in [0.5, 0.6) is 0 Å². The van der Waals surface area contributed by atoms with E-state index < -0.39 is 23.9 Å². The first-order chi connectivity index (χ1) is 9.43. The number of carbonyl (C=O) groups is 3. The smallest absolute Gasteiger partial charge is 0.326 e. The maximum Gasteiger partial charge on any atom is 0.326 e. The number of nitrogens with one attached hydrogen (secondary N) is 2. The first kappa shape index (κ1) is 15.5. The molecule has 0 aliphatic rings. The number of urea groups is 1. The van der Waals surface area contributed by atoms with E-state index >= 15 is 0 Å². The molecule has 9 nitrogen and oxygen atoms in total. The van der Waals surface area contributed by atoms with E-state index in [9.17, 15) is 14.4 Å². The molecule has 0 aliphatic carbocycles. The van der Waals surface area contributed by atoms with Crippen molar-refractivity contribution >= 4 is 17.9 Å². The van der Waals surface area contributed by atoms with E-state index in [-0.39, 0.29) is 19.5 Å². The van der Waals surface area contributed by atoms with E-state index in [1.807, 2.05) is 0 Å². The van der Waals surface area contributed by atoms with Gasteiger partial charge in [0.05, 0.1) is 6.33 Å². The number of likely N-dealkylation sites (N-methyl/N-ethyl adjacent to an activating group) is 1. The van der Waals surface area contributed by atoms with Crippen LogP contribution in [0.3, 0.4) is 0 Å². The van der Waals surface area contributed by atoms with Crippen molar-refractivity contribution in [3.8, 4) is 0 Å². The number of aromatic amines is 1. The topological polar surface area (TPSA) is 141 Å². The first-order valence-corrected chi connectivity index (χ1v) is 5.97. The van der Waals surface area contributed by atoms with Gasteiger partial charge in [-0.2, -0.15) is 0 Å². The zero-order chi connectivity index (χ0) is 15.1. The summed E-state index contributed by atoms with van der Waals surface area (Å²) in [7, 11) is 0. The fraction of sp³-hybridized carbons (Fsp3) is 0.455. The molecule has 0 bridgehead atoms. The monoisotopic (exact) mass is 283 g/mol. The SMILES string of the molecule is CCN(CC(N)=O)C(=O)NC(Cc1cnc[nH]1)C(=O)O. The summed E-state index contributed by atoms with van der Waals surface area (Å²) in [5.74, 6) is -1.84. The Morgan fingerprint density at radius 1 is 1.55 bits per heavy atom. The Balaban J connectivity index is 2.67. The number of hydrogen-bond donors (Lipinski definition) is 4. The largest absolute Gasteiger partial charge is 0.480 e. The second-order valence-corrected chi connectivity index (χ2v) is 4.10. The van der Waals surface area contributed by atoms with Gasteiger partial charge in [0.25, 0.3) is 0 Å². The summed E-state index contributed by atoms with van der Waals surface area (Å²) in [6.45, 7) is 1.64. The average Bonchev–Trinajstić information content (AvgIpc) is 2.87. The molecule has 0 spiro atoms. The van der Waals surface area contributed by atoms with Crippen molar-refractivity contribution in [2.24, 2.45) is 5.73 Å². The van der Waals surface area contributed by atoms with E-state index in [2.05, 4.69) is 15.3 Å². The standard InChI is InChI=1S/C11H17N5O4/c1-2-16(5-9(12)17)11(20)15-8(10(18)19)3-7-4-13-6-14-7/h4,6,8H,2-3,5H2,1H3,(H2,12,17)(H,13,14)(H,15,20)(H,18,19). The van der Waals surface area contributed by atoms with Gasteiger partial charge in [0.2, 0.25) is 5.91 Å². The van der Waals surface area contributed by atoms with Gasteiger partial charge in [-0.3, -0.25) is 4.79 Å². The summed E-state index contributed by atoms with van der Waals surface area (Å²) in [5.41, 5.74) is 5.60. The number of carboxylic acid groups (broad SMARTS) is 1. The highest BCUT2D eigenvalue weighted by Crippen LogP contribution is 2.00. The minimum atomic E-state index is -1.18. The van der Waals surface area contributed by atoms with E-state index in [4.69, 9.17) is 10.8 Å². The highest BCUT2D eigenvalue weighted by molar-refractivity contribution is 5.86. The fourth-order valence-corrected chi connectivity index (χ4v) is 1.57. The molecule has 0 fully saturated rings. The second-order valence-electron chi connectivity index (χ2n) is 4.10. The minimum absolute atomic E-state index is 0.0647. The number of carbonyl (C=O) groups excluding carboxylic acids is 2. The fourth-order valence-electron chi connectivity index (χ4n) is 1.57. The van der Waals surface area contributed by atoms with Gasteiger partial charge >= 0.3 is 12.0 Å². The minimum Gasteiger partial charge on any atom is -0.480 e. The van der Waals surface area contributed by atoms with Crippen LogP contribution in [0.2, 0.25) is 0 Å². The summed E-state index contributed by atoms with van der Waals surface area (Å²) in [4.78, 5) is 41.5. The molecule has 1 aromatic heterocycles. The van der Waals surface area contributed by atoms with Crippen LogP contribution in [0, 0.1) is 0 Å². The lowest BCUT2D eigenvalue weighted by Crippen LogP contribution is -2.50. The maximum absolute atomic E-state index is 11.9. The van der Waals surface area contributed by atoms with E-state index in [1.54, 1.807) is 6.92 Å². The predicted molar refractivity (Wildman–Crippen MR) is 68.7 cm³/mol. The number of imidazole rings is 1. The van der Waals surface area contributed by atoms with E-state index in [1.165, 1.54) is 12.5 Å².